The predicted octanol–water partition coefficient (Wildman–Crippen LogP) is 1.83. The third kappa shape index (κ3) is 3.36. The van der Waals surface area contributed by atoms with Gasteiger partial charge in [0.25, 0.3) is 0 Å². The average molecular weight is 271 g/mol. The molecule has 0 amide bonds. The first-order valence-corrected chi connectivity index (χ1v) is 7.32. The Hall–Kier alpha value is -1.27. The van der Waals surface area contributed by atoms with Gasteiger partial charge in [-0.1, -0.05) is 6.92 Å². The maximum atomic E-state index is 11.5. The lowest BCUT2D eigenvalue weighted by Gasteiger charge is -2.27. The highest BCUT2D eigenvalue weighted by Gasteiger charge is 2.20. The van der Waals surface area contributed by atoms with Gasteiger partial charge in [0.05, 0.1) is 4.90 Å². The molecule has 1 rings (SSSR count). The summed E-state index contributed by atoms with van der Waals surface area (Å²) in [6.45, 7) is 7.83. The van der Waals surface area contributed by atoms with E-state index in [9.17, 15) is 8.42 Å². The predicted molar refractivity (Wildman–Crippen MR) is 75.0 cm³/mol. The molecule has 0 saturated carbocycles. The van der Waals surface area contributed by atoms with Crippen molar-refractivity contribution < 1.29 is 8.42 Å². The van der Waals surface area contributed by atoms with Gasteiger partial charge in [0.1, 0.15) is 0 Å². The number of hydrogen-bond donors (Lipinski definition) is 3. The second kappa shape index (κ2) is 4.78. The molecule has 1 aromatic rings. The molecule has 0 aliphatic rings. The highest BCUT2D eigenvalue weighted by molar-refractivity contribution is 7.89. The molecule has 18 heavy (non-hydrogen) atoms. The lowest BCUT2D eigenvalue weighted by Crippen LogP contribution is -2.30. The van der Waals surface area contributed by atoms with Gasteiger partial charge in [-0.15, -0.1) is 0 Å². The molecule has 0 aliphatic heterocycles. The highest BCUT2D eigenvalue weighted by Crippen LogP contribution is 2.28. The number of sulfonamides is 1. The van der Waals surface area contributed by atoms with Gasteiger partial charge in [0.2, 0.25) is 10.0 Å². The molecule has 0 unspecified atom stereocenters. The van der Waals surface area contributed by atoms with E-state index >= 15 is 0 Å². The monoisotopic (exact) mass is 271 g/mol. The van der Waals surface area contributed by atoms with Crippen LogP contribution in [-0.4, -0.2) is 14.0 Å². The molecule has 0 saturated heterocycles. The van der Waals surface area contributed by atoms with E-state index in [2.05, 4.69) is 12.2 Å². The molecule has 0 radical (unpaired) electrons. The van der Waals surface area contributed by atoms with Gasteiger partial charge in [-0.25, -0.2) is 13.6 Å². The first kappa shape index (κ1) is 14.8. The minimum atomic E-state index is -3.76. The molecule has 0 atom stereocenters. The topological polar surface area (TPSA) is 98.2 Å². The number of primary sulfonamides is 1. The maximum Gasteiger partial charge on any atom is 0.238 e. The molecular formula is C12H21N3O2S. The zero-order valence-corrected chi connectivity index (χ0v) is 12.1. The molecule has 1 aromatic carbocycles. The SMILES string of the molecule is CCC(C)(C)Nc1cc(N)cc(S(N)(=O)=O)c1C. The van der Waals surface area contributed by atoms with E-state index in [1.807, 2.05) is 13.8 Å². The fraction of sp³-hybridized carbons (Fsp3) is 0.500. The smallest absolute Gasteiger partial charge is 0.238 e. The molecule has 0 aliphatic carbocycles. The number of nitrogens with two attached hydrogens (primary N) is 2. The van der Waals surface area contributed by atoms with E-state index < -0.39 is 10.0 Å². The van der Waals surface area contributed by atoms with Crippen molar-refractivity contribution >= 4 is 21.4 Å². The second-order valence-electron chi connectivity index (χ2n) is 5.10. The Morgan fingerprint density at radius 2 is 1.89 bits per heavy atom. The third-order valence-corrected chi connectivity index (χ3v) is 4.08. The van der Waals surface area contributed by atoms with Gasteiger partial charge >= 0.3 is 0 Å². The van der Waals surface area contributed by atoms with E-state index in [4.69, 9.17) is 10.9 Å². The van der Waals surface area contributed by atoms with Gasteiger partial charge in [-0.05, 0) is 44.9 Å². The van der Waals surface area contributed by atoms with Crippen LogP contribution < -0.4 is 16.2 Å². The minimum Gasteiger partial charge on any atom is -0.399 e. The van der Waals surface area contributed by atoms with Crippen molar-refractivity contribution in [1.82, 2.24) is 0 Å². The van der Waals surface area contributed by atoms with Crippen LogP contribution >= 0.6 is 0 Å². The molecule has 5 N–H and O–H groups in total. The van der Waals surface area contributed by atoms with Crippen LogP contribution in [0.15, 0.2) is 17.0 Å². The van der Waals surface area contributed by atoms with Crippen molar-refractivity contribution in [3.05, 3.63) is 17.7 Å². The van der Waals surface area contributed by atoms with Crippen molar-refractivity contribution in [2.75, 3.05) is 11.1 Å². The number of nitrogen functional groups attached to an aromatic ring is 1. The van der Waals surface area contributed by atoms with Crippen LogP contribution in [0.4, 0.5) is 11.4 Å². The normalized spacial score (nSPS) is 12.5. The molecule has 5 nitrogen and oxygen atoms in total. The van der Waals surface area contributed by atoms with Crippen molar-refractivity contribution in [2.24, 2.45) is 5.14 Å². The van der Waals surface area contributed by atoms with E-state index in [1.54, 1.807) is 13.0 Å². The molecule has 0 heterocycles. The Kier molecular flexibility index (Phi) is 3.92. The first-order valence-electron chi connectivity index (χ1n) is 5.78. The van der Waals surface area contributed by atoms with Crippen LogP contribution in [0.25, 0.3) is 0 Å². The fourth-order valence-corrected chi connectivity index (χ4v) is 2.42. The highest BCUT2D eigenvalue weighted by atomic mass is 32.2. The summed E-state index contributed by atoms with van der Waals surface area (Å²) in [5.41, 5.74) is 7.25. The summed E-state index contributed by atoms with van der Waals surface area (Å²) in [5, 5.41) is 8.47. The number of benzene rings is 1. The Balaban J connectivity index is 3.35. The quantitative estimate of drug-likeness (QED) is 0.727. The van der Waals surface area contributed by atoms with Gasteiger partial charge < -0.3 is 11.1 Å². The minimum absolute atomic E-state index is 0.0666. The summed E-state index contributed by atoms with van der Waals surface area (Å²) < 4.78 is 23.0. The zero-order valence-electron chi connectivity index (χ0n) is 11.2. The van der Waals surface area contributed by atoms with E-state index in [0.717, 1.165) is 6.42 Å². The summed E-state index contributed by atoms with van der Waals surface area (Å²) in [4.78, 5) is 0.0666. The fourth-order valence-electron chi connectivity index (χ4n) is 1.59. The van der Waals surface area contributed by atoms with Crippen molar-refractivity contribution in [1.29, 1.82) is 0 Å². The van der Waals surface area contributed by atoms with Gasteiger partial charge in [0, 0.05) is 16.9 Å². The Morgan fingerprint density at radius 1 is 1.33 bits per heavy atom. The summed E-state index contributed by atoms with van der Waals surface area (Å²) in [6, 6.07) is 3.11. The van der Waals surface area contributed by atoms with Crippen LogP contribution in [0, 0.1) is 6.92 Å². The zero-order chi connectivity index (χ0) is 14.1. The van der Waals surface area contributed by atoms with Gasteiger partial charge in [-0.3, -0.25) is 0 Å². The van der Waals surface area contributed by atoms with E-state index in [-0.39, 0.29) is 10.4 Å². The van der Waals surface area contributed by atoms with Crippen LogP contribution in [-0.2, 0) is 10.0 Å². The third-order valence-electron chi connectivity index (χ3n) is 3.05. The van der Waals surface area contributed by atoms with Crippen molar-refractivity contribution in [3.63, 3.8) is 0 Å². The second-order valence-corrected chi connectivity index (χ2v) is 6.63. The molecule has 0 aromatic heterocycles. The van der Waals surface area contributed by atoms with Crippen molar-refractivity contribution in [3.8, 4) is 0 Å². The van der Waals surface area contributed by atoms with E-state index in [1.165, 1.54) is 6.07 Å². The van der Waals surface area contributed by atoms with Crippen LogP contribution in [0.5, 0.6) is 0 Å². The molecule has 102 valence electrons. The molecule has 6 heteroatoms. The Bertz CT molecular complexity index is 551. The summed E-state index contributed by atoms with van der Waals surface area (Å²) >= 11 is 0. The number of rotatable bonds is 4. The number of nitrogens with one attached hydrogen (secondary N) is 1. The van der Waals surface area contributed by atoms with Crippen LogP contribution in [0.3, 0.4) is 0 Å². The molecule has 0 bridgehead atoms. The lowest BCUT2D eigenvalue weighted by atomic mass is 10.0. The average Bonchev–Trinajstić information content (AvgIpc) is 2.21. The number of anilines is 2. The first-order chi connectivity index (χ1) is 8.07. The van der Waals surface area contributed by atoms with Gasteiger partial charge in [-0.2, -0.15) is 0 Å². The molecule has 0 fully saturated rings. The Labute approximate surface area is 109 Å². The maximum absolute atomic E-state index is 11.5. The lowest BCUT2D eigenvalue weighted by molar-refractivity contribution is 0.546. The Morgan fingerprint density at radius 3 is 2.33 bits per heavy atom. The number of hydrogen-bond acceptors (Lipinski definition) is 4. The van der Waals surface area contributed by atoms with Gasteiger partial charge in [0.15, 0.2) is 0 Å². The summed E-state index contributed by atoms with van der Waals surface area (Å²) in [6.07, 6.45) is 0.895. The molecular weight excluding hydrogens is 250 g/mol. The van der Waals surface area contributed by atoms with E-state index in [0.29, 0.717) is 16.9 Å². The van der Waals surface area contributed by atoms with Crippen LogP contribution in [0.2, 0.25) is 0 Å². The summed E-state index contributed by atoms with van der Waals surface area (Å²) in [7, 11) is -3.76. The van der Waals surface area contributed by atoms with Crippen molar-refractivity contribution in [2.45, 2.75) is 44.6 Å². The molecule has 0 spiro atoms. The summed E-state index contributed by atoms with van der Waals surface area (Å²) in [5.74, 6) is 0. The standard InChI is InChI=1S/C12H21N3O2S/c1-5-12(3,4)15-10-6-9(13)7-11(8(10)2)18(14,16)17/h6-7,15H,5,13H2,1-4H3,(H2,14,16,17). The van der Waals surface area contributed by atoms with Crippen LogP contribution in [0.1, 0.15) is 32.8 Å². The largest absolute Gasteiger partial charge is 0.399 e.